The highest BCUT2D eigenvalue weighted by Gasteiger charge is 2.50. The Labute approximate surface area is 185 Å². The van der Waals surface area contributed by atoms with Gasteiger partial charge in [-0.3, -0.25) is 4.79 Å². The van der Waals surface area contributed by atoms with E-state index in [4.69, 9.17) is 9.47 Å². The molecule has 170 valence electrons. The summed E-state index contributed by atoms with van der Waals surface area (Å²) < 4.78 is 11.7. The normalized spacial score (nSPS) is 26.1. The fourth-order valence-corrected chi connectivity index (χ4v) is 5.21. The number of fused-ring (bicyclic) bond motifs is 2. The van der Waals surface area contributed by atoms with Crippen molar-refractivity contribution in [2.45, 2.75) is 70.5 Å². The Hall–Kier alpha value is -2.15. The summed E-state index contributed by atoms with van der Waals surface area (Å²) in [5.74, 6) is 0.204. The van der Waals surface area contributed by atoms with Crippen molar-refractivity contribution >= 4 is 11.9 Å². The molecule has 0 radical (unpaired) electrons. The second-order valence-electron chi connectivity index (χ2n) is 9.53. The van der Waals surface area contributed by atoms with Crippen LogP contribution in [0.25, 0.3) is 0 Å². The van der Waals surface area contributed by atoms with Gasteiger partial charge in [0.15, 0.2) is 0 Å². The summed E-state index contributed by atoms with van der Waals surface area (Å²) >= 11 is 0. The van der Waals surface area contributed by atoms with Gasteiger partial charge < -0.3 is 19.3 Å². The van der Waals surface area contributed by atoms with Gasteiger partial charge in [0, 0.05) is 37.8 Å². The van der Waals surface area contributed by atoms with Crippen molar-refractivity contribution in [3.63, 3.8) is 0 Å². The SMILES string of the molecule is CC(C)Oc1nccc2c1C(=O)O[C@]21CC[C@H](C(=O)N(C)CCN2CCCCC2)CC1. The molecule has 2 fully saturated rings. The molecule has 1 saturated heterocycles. The van der Waals surface area contributed by atoms with E-state index in [-0.39, 0.29) is 23.9 Å². The van der Waals surface area contributed by atoms with Crippen molar-refractivity contribution in [2.75, 3.05) is 33.2 Å². The highest BCUT2D eigenvalue weighted by Crippen LogP contribution is 2.49. The van der Waals surface area contributed by atoms with E-state index in [0.29, 0.717) is 24.3 Å². The number of ether oxygens (including phenoxy) is 2. The Morgan fingerprint density at radius 3 is 2.68 bits per heavy atom. The molecule has 7 heteroatoms. The minimum Gasteiger partial charge on any atom is -0.474 e. The summed E-state index contributed by atoms with van der Waals surface area (Å²) in [4.78, 5) is 34.3. The van der Waals surface area contributed by atoms with Gasteiger partial charge in [-0.1, -0.05) is 6.42 Å². The minimum absolute atomic E-state index is 0.00652. The fraction of sp³-hybridized carbons (Fsp3) is 0.708. The number of esters is 1. The molecule has 7 nitrogen and oxygen atoms in total. The van der Waals surface area contributed by atoms with Crippen LogP contribution in [0.15, 0.2) is 12.3 Å². The Morgan fingerprint density at radius 1 is 1.29 bits per heavy atom. The van der Waals surface area contributed by atoms with Crippen molar-refractivity contribution in [1.29, 1.82) is 0 Å². The number of likely N-dealkylation sites (N-methyl/N-ethyl adjacent to an activating group) is 1. The lowest BCUT2D eigenvalue weighted by Gasteiger charge is -2.37. The van der Waals surface area contributed by atoms with Crippen molar-refractivity contribution in [3.8, 4) is 5.88 Å². The lowest BCUT2D eigenvalue weighted by atomic mass is 9.75. The van der Waals surface area contributed by atoms with E-state index < -0.39 is 5.60 Å². The van der Waals surface area contributed by atoms with Gasteiger partial charge >= 0.3 is 5.97 Å². The summed E-state index contributed by atoms with van der Waals surface area (Å²) in [6, 6.07) is 1.88. The third-order valence-corrected chi connectivity index (χ3v) is 6.97. The molecular formula is C24H35N3O4. The summed E-state index contributed by atoms with van der Waals surface area (Å²) in [6.45, 7) is 7.85. The predicted octanol–water partition coefficient (Wildman–Crippen LogP) is 3.37. The summed E-state index contributed by atoms with van der Waals surface area (Å²) in [5.41, 5.74) is 0.681. The first-order valence-corrected chi connectivity index (χ1v) is 11.8. The lowest BCUT2D eigenvalue weighted by Crippen LogP contribution is -2.43. The number of piperidine rings is 1. The van der Waals surface area contributed by atoms with Crippen molar-refractivity contribution in [1.82, 2.24) is 14.8 Å². The smallest absolute Gasteiger partial charge is 0.344 e. The number of rotatable bonds is 6. The van der Waals surface area contributed by atoms with E-state index in [2.05, 4.69) is 9.88 Å². The molecule has 1 aromatic rings. The van der Waals surface area contributed by atoms with Gasteiger partial charge in [0.25, 0.3) is 0 Å². The maximum atomic E-state index is 13.0. The second kappa shape index (κ2) is 9.15. The minimum atomic E-state index is -0.645. The number of hydrogen-bond acceptors (Lipinski definition) is 6. The molecule has 31 heavy (non-hydrogen) atoms. The first kappa shape index (κ1) is 22.1. The zero-order valence-electron chi connectivity index (χ0n) is 19.1. The molecule has 0 N–H and O–H groups in total. The van der Waals surface area contributed by atoms with Gasteiger partial charge in [-0.25, -0.2) is 9.78 Å². The third-order valence-electron chi connectivity index (χ3n) is 6.97. The van der Waals surface area contributed by atoms with Gasteiger partial charge in [-0.05, 0) is 71.5 Å². The van der Waals surface area contributed by atoms with Crippen LogP contribution in [-0.4, -0.2) is 66.0 Å². The molecule has 1 saturated carbocycles. The summed E-state index contributed by atoms with van der Waals surface area (Å²) in [5, 5.41) is 0. The standard InChI is InChI=1S/C24H35N3O4/c1-17(2)30-21-20-19(9-12-25-21)24(31-23(20)29)10-7-18(8-11-24)22(28)26(3)15-16-27-13-5-4-6-14-27/h9,12,17-18H,4-8,10-11,13-16H2,1-3H3/t18-,24-. The number of pyridine rings is 1. The van der Waals surface area contributed by atoms with Crippen LogP contribution >= 0.6 is 0 Å². The van der Waals surface area contributed by atoms with Gasteiger partial charge in [0.1, 0.15) is 11.2 Å². The zero-order valence-corrected chi connectivity index (χ0v) is 19.1. The van der Waals surface area contributed by atoms with Crippen LogP contribution in [-0.2, 0) is 15.1 Å². The van der Waals surface area contributed by atoms with E-state index in [9.17, 15) is 9.59 Å². The Balaban J connectivity index is 1.37. The van der Waals surface area contributed by atoms with E-state index >= 15 is 0 Å². The van der Waals surface area contributed by atoms with Gasteiger partial charge in [0.05, 0.1) is 6.10 Å². The monoisotopic (exact) mass is 429 g/mol. The number of hydrogen-bond donors (Lipinski definition) is 0. The number of carbonyl (C=O) groups excluding carboxylic acids is 2. The molecule has 0 bridgehead atoms. The Morgan fingerprint density at radius 2 is 2.00 bits per heavy atom. The molecule has 1 spiro atoms. The highest BCUT2D eigenvalue weighted by atomic mass is 16.6. The van der Waals surface area contributed by atoms with Crippen LogP contribution in [0, 0.1) is 5.92 Å². The van der Waals surface area contributed by atoms with Crippen molar-refractivity contribution in [2.24, 2.45) is 5.92 Å². The van der Waals surface area contributed by atoms with Gasteiger partial charge in [-0.2, -0.15) is 0 Å². The number of nitrogens with zero attached hydrogens (tertiary/aromatic N) is 3. The average Bonchev–Trinajstić information content (AvgIpc) is 3.04. The zero-order chi connectivity index (χ0) is 22.0. The van der Waals surface area contributed by atoms with Crippen molar-refractivity contribution < 1.29 is 19.1 Å². The second-order valence-corrected chi connectivity index (χ2v) is 9.53. The molecule has 4 rings (SSSR count). The van der Waals surface area contributed by atoms with Crippen LogP contribution in [0.5, 0.6) is 5.88 Å². The van der Waals surface area contributed by atoms with Crippen LogP contribution in [0.2, 0.25) is 0 Å². The van der Waals surface area contributed by atoms with Gasteiger partial charge in [0.2, 0.25) is 11.8 Å². The molecule has 0 aromatic carbocycles. The molecule has 0 unspecified atom stereocenters. The van der Waals surface area contributed by atoms with Crippen LogP contribution in [0.3, 0.4) is 0 Å². The average molecular weight is 430 g/mol. The van der Waals surface area contributed by atoms with E-state index in [1.165, 1.54) is 19.3 Å². The highest BCUT2D eigenvalue weighted by molar-refractivity contribution is 5.97. The Kier molecular flexibility index (Phi) is 6.51. The van der Waals surface area contributed by atoms with Crippen molar-refractivity contribution in [3.05, 3.63) is 23.4 Å². The first-order valence-electron chi connectivity index (χ1n) is 11.8. The quantitative estimate of drug-likeness (QED) is 0.646. The van der Waals surface area contributed by atoms with E-state index in [1.54, 1.807) is 6.20 Å². The van der Waals surface area contributed by atoms with E-state index in [0.717, 1.165) is 44.6 Å². The Bertz CT molecular complexity index is 811. The fourth-order valence-electron chi connectivity index (χ4n) is 5.21. The number of likely N-dealkylation sites (tertiary alicyclic amines) is 1. The number of carbonyl (C=O) groups is 2. The summed E-state index contributed by atoms with van der Waals surface area (Å²) in [7, 11) is 1.92. The van der Waals surface area contributed by atoms with Crippen LogP contribution < -0.4 is 4.74 Å². The number of aromatic nitrogens is 1. The first-order chi connectivity index (χ1) is 14.9. The molecule has 3 aliphatic rings. The topological polar surface area (TPSA) is 72.0 Å². The molecule has 1 aromatic heterocycles. The maximum Gasteiger partial charge on any atom is 0.344 e. The third kappa shape index (κ3) is 4.56. The summed E-state index contributed by atoms with van der Waals surface area (Å²) in [6.07, 6.45) is 8.24. The largest absolute Gasteiger partial charge is 0.474 e. The molecule has 1 aliphatic carbocycles. The number of amides is 1. The van der Waals surface area contributed by atoms with Gasteiger partial charge in [-0.15, -0.1) is 0 Å². The molecule has 0 atom stereocenters. The predicted molar refractivity (Wildman–Crippen MR) is 117 cm³/mol. The lowest BCUT2D eigenvalue weighted by molar-refractivity contribution is -0.137. The molecule has 2 aliphatic heterocycles. The maximum absolute atomic E-state index is 13.0. The molecule has 1 amide bonds. The van der Waals surface area contributed by atoms with Crippen LogP contribution in [0.1, 0.15) is 74.7 Å². The van der Waals surface area contributed by atoms with E-state index in [1.807, 2.05) is 31.9 Å². The molecular weight excluding hydrogens is 394 g/mol. The molecule has 3 heterocycles. The van der Waals surface area contributed by atoms with Crippen LogP contribution in [0.4, 0.5) is 0 Å².